The van der Waals surface area contributed by atoms with Crippen molar-refractivity contribution in [2.45, 2.75) is 38.3 Å². The smallest absolute Gasteiger partial charge is 0.242 e. The largest absolute Gasteiger partial charge is 0.309 e. The number of fused-ring (bicyclic) bond motifs is 1. The van der Waals surface area contributed by atoms with Gasteiger partial charge in [0.1, 0.15) is 16.8 Å². The Balaban J connectivity index is 1.70. The SMILES string of the molecule is CC(=O)C12CC1(C)CC(C(=O)Nc1cccc(Cl)n1)N2. The van der Waals surface area contributed by atoms with E-state index < -0.39 is 5.54 Å². The highest BCUT2D eigenvalue weighted by Gasteiger charge is 2.72. The Morgan fingerprint density at radius 2 is 2.25 bits per heavy atom. The zero-order valence-electron chi connectivity index (χ0n) is 11.4. The molecule has 0 spiro atoms. The van der Waals surface area contributed by atoms with Crippen LogP contribution in [0.5, 0.6) is 0 Å². The van der Waals surface area contributed by atoms with Crippen LogP contribution in [0, 0.1) is 5.41 Å². The van der Waals surface area contributed by atoms with Crippen LogP contribution in [0.2, 0.25) is 5.15 Å². The number of hydrogen-bond acceptors (Lipinski definition) is 4. The molecule has 1 aliphatic carbocycles. The van der Waals surface area contributed by atoms with Crippen molar-refractivity contribution in [1.29, 1.82) is 0 Å². The zero-order valence-corrected chi connectivity index (χ0v) is 12.1. The number of pyridine rings is 1. The molecule has 3 rings (SSSR count). The minimum atomic E-state index is -0.503. The van der Waals surface area contributed by atoms with Crippen molar-refractivity contribution < 1.29 is 9.59 Å². The summed E-state index contributed by atoms with van der Waals surface area (Å²) in [5, 5.41) is 6.26. The van der Waals surface area contributed by atoms with Crippen LogP contribution in [0.4, 0.5) is 5.82 Å². The van der Waals surface area contributed by atoms with Crippen LogP contribution >= 0.6 is 11.6 Å². The Hall–Kier alpha value is -1.46. The van der Waals surface area contributed by atoms with Crippen LogP contribution in [0.15, 0.2) is 18.2 Å². The molecule has 0 aromatic carbocycles. The van der Waals surface area contributed by atoms with Gasteiger partial charge in [0.2, 0.25) is 5.91 Å². The number of hydrogen-bond donors (Lipinski definition) is 2. The molecule has 1 amide bonds. The first-order valence-corrected chi connectivity index (χ1v) is 6.96. The van der Waals surface area contributed by atoms with Crippen LogP contribution in [0.1, 0.15) is 26.7 Å². The van der Waals surface area contributed by atoms with Crippen LogP contribution in [0.25, 0.3) is 0 Å². The third-order valence-electron chi connectivity index (χ3n) is 4.52. The summed E-state index contributed by atoms with van der Waals surface area (Å²) in [7, 11) is 0. The van der Waals surface area contributed by atoms with Gasteiger partial charge >= 0.3 is 0 Å². The predicted octanol–water partition coefficient (Wildman–Crippen LogP) is 1.77. The van der Waals surface area contributed by atoms with Crippen molar-refractivity contribution in [2.75, 3.05) is 5.32 Å². The number of ketones is 1. The van der Waals surface area contributed by atoms with E-state index in [0.717, 1.165) is 6.42 Å². The third kappa shape index (κ3) is 1.93. The van der Waals surface area contributed by atoms with Crippen molar-refractivity contribution in [3.05, 3.63) is 23.4 Å². The normalized spacial score (nSPS) is 34.5. The van der Waals surface area contributed by atoms with E-state index in [0.29, 0.717) is 17.4 Å². The van der Waals surface area contributed by atoms with Gasteiger partial charge in [-0.05, 0) is 37.3 Å². The first-order valence-electron chi connectivity index (χ1n) is 6.58. The summed E-state index contributed by atoms with van der Waals surface area (Å²) < 4.78 is 0. The fourth-order valence-corrected chi connectivity index (χ4v) is 3.48. The minimum Gasteiger partial charge on any atom is -0.309 e. The maximum absolute atomic E-state index is 12.2. The predicted molar refractivity (Wildman–Crippen MR) is 75.6 cm³/mol. The lowest BCUT2D eigenvalue weighted by Crippen LogP contribution is -2.46. The minimum absolute atomic E-state index is 0.0946. The van der Waals surface area contributed by atoms with Crippen LogP contribution in [-0.2, 0) is 9.59 Å². The van der Waals surface area contributed by atoms with E-state index in [1.165, 1.54) is 0 Å². The topological polar surface area (TPSA) is 71.1 Å². The van der Waals surface area contributed by atoms with Gasteiger partial charge in [-0.1, -0.05) is 24.6 Å². The summed E-state index contributed by atoms with van der Waals surface area (Å²) in [5.41, 5.74) is -0.598. The highest BCUT2D eigenvalue weighted by Crippen LogP contribution is 2.63. The highest BCUT2D eigenvalue weighted by atomic mass is 35.5. The van der Waals surface area contributed by atoms with E-state index in [1.54, 1.807) is 25.1 Å². The average Bonchev–Trinajstić information content (AvgIpc) is 2.84. The molecule has 1 saturated heterocycles. The Morgan fingerprint density at radius 3 is 2.85 bits per heavy atom. The number of aromatic nitrogens is 1. The first-order chi connectivity index (χ1) is 9.36. The second-order valence-electron chi connectivity index (χ2n) is 5.93. The number of carbonyl (C=O) groups excluding carboxylic acids is 2. The molecule has 1 aliphatic heterocycles. The standard InChI is InChI=1S/C14H16ClN3O2/c1-8(19)14-7-13(14,2)6-9(18-14)12(20)17-11-5-3-4-10(15)16-11/h3-5,9,18H,6-7H2,1-2H3,(H,16,17,20). The molecule has 20 heavy (non-hydrogen) atoms. The maximum atomic E-state index is 12.2. The Bertz CT molecular complexity index is 606. The van der Waals surface area contributed by atoms with E-state index in [1.807, 2.05) is 6.92 Å². The molecule has 2 N–H and O–H groups in total. The average molecular weight is 294 g/mol. The van der Waals surface area contributed by atoms with E-state index in [-0.39, 0.29) is 23.1 Å². The molecule has 2 fully saturated rings. The van der Waals surface area contributed by atoms with Crippen LogP contribution in [-0.4, -0.2) is 28.3 Å². The van der Waals surface area contributed by atoms with Crippen LogP contribution < -0.4 is 10.6 Å². The molecular formula is C14H16ClN3O2. The quantitative estimate of drug-likeness (QED) is 0.833. The van der Waals surface area contributed by atoms with Gasteiger partial charge < -0.3 is 5.32 Å². The van der Waals surface area contributed by atoms with Crippen molar-refractivity contribution in [1.82, 2.24) is 10.3 Å². The summed E-state index contributed by atoms with van der Waals surface area (Å²) in [6, 6.07) is 4.69. The van der Waals surface area contributed by atoms with E-state index in [4.69, 9.17) is 11.6 Å². The number of halogens is 1. The van der Waals surface area contributed by atoms with Crippen molar-refractivity contribution in [3.63, 3.8) is 0 Å². The lowest BCUT2D eigenvalue weighted by atomic mass is 9.98. The number of Topliss-reactive ketones (excluding diaryl/α,β-unsaturated/α-hetero) is 1. The number of amides is 1. The molecule has 0 radical (unpaired) electrons. The lowest BCUT2D eigenvalue weighted by molar-refractivity contribution is -0.121. The molecule has 2 heterocycles. The number of piperidine rings is 1. The molecule has 5 nitrogen and oxygen atoms in total. The molecule has 3 atom stereocenters. The molecule has 1 aromatic heterocycles. The molecule has 1 aromatic rings. The van der Waals surface area contributed by atoms with Gasteiger partial charge in [0.25, 0.3) is 0 Å². The number of carbonyl (C=O) groups is 2. The summed E-state index contributed by atoms with van der Waals surface area (Å²) in [5.74, 6) is 0.358. The molecule has 6 heteroatoms. The Labute approximate surface area is 122 Å². The van der Waals surface area contributed by atoms with Gasteiger partial charge in [0.05, 0.1) is 11.6 Å². The van der Waals surface area contributed by atoms with E-state index in [9.17, 15) is 9.59 Å². The van der Waals surface area contributed by atoms with Gasteiger partial charge in [0, 0.05) is 0 Å². The summed E-state index contributed by atoms with van der Waals surface area (Å²) >= 11 is 5.78. The fourth-order valence-electron chi connectivity index (χ4n) is 3.31. The van der Waals surface area contributed by atoms with Gasteiger partial charge in [-0.25, -0.2) is 4.98 Å². The van der Waals surface area contributed by atoms with E-state index in [2.05, 4.69) is 15.6 Å². The summed E-state index contributed by atoms with van der Waals surface area (Å²) in [4.78, 5) is 28.0. The fraction of sp³-hybridized carbons (Fsp3) is 0.500. The second-order valence-corrected chi connectivity index (χ2v) is 6.32. The van der Waals surface area contributed by atoms with Crippen molar-refractivity contribution in [2.24, 2.45) is 5.41 Å². The first kappa shape index (κ1) is 13.5. The molecule has 2 aliphatic rings. The third-order valence-corrected chi connectivity index (χ3v) is 4.73. The molecule has 1 saturated carbocycles. The molecule has 106 valence electrons. The molecule has 0 bridgehead atoms. The number of nitrogens with zero attached hydrogens (tertiary/aromatic N) is 1. The van der Waals surface area contributed by atoms with Crippen LogP contribution in [0.3, 0.4) is 0 Å². The molecule has 3 unspecified atom stereocenters. The maximum Gasteiger partial charge on any atom is 0.242 e. The zero-order chi connectivity index (χ0) is 14.5. The molecular weight excluding hydrogens is 278 g/mol. The second kappa shape index (κ2) is 4.27. The monoisotopic (exact) mass is 293 g/mol. The summed E-state index contributed by atoms with van der Waals surface area (Å²) in [6.07, 6.45) is 1.48. The van der Waals surface area contributed by atoms with Gasteiger partial charge in [0.15, 0.2) is 0 Å². The number of rotatable bonds is 3. The Kier molecular flexibility index (Phi) is 2.88. The number of nitrogens with one attached hydrogen (secondary N) is 2. The van der Waals surface area contributed by atoms with Gasteiger partial charge in [-0.3, -0.25) is 14.9 Å². The van der Waals surface area contributed by atoms with Crippen molar-refractivity contribution in [3.8, 4) is 0 Å². The summed E-state index contributed by atoms with van der Waals surface area (Å²) in [6.45, 7) is 3.63. The van der Waals surface area contributed by atoms with Gasteiger partial charge in [-0.15, -0.1) is 0 Å². The van der Waals surface area contributed by atoms with Crippen molar-refractivity contribution >= 4 is 29.1 Å². The van der Waals surface area contributed by atoms with Gasteiger partial charge in [-0.2, -0.15) is 0 Å². The number of anilines is 1. The Morgan fingerprint density at radius 1 is 1.50 bits per heavy atom. The lowest BCUT2D eigenvalue weighted by Gasteiger charge is -2.16. The highest BCUT2D eigenvalue weighted by molar-refractivity contribution is 6.29. The van der Waals surface area contributed by atoms with E-state index >= 15 is 0 Å².